The van der Waals surface area contributed by atoms with E-state index in [1.54, 1.807) is 23.1 Å². The minimum Gasteiger partial charge on any atom is -0.485 e. The summed E-state index contributed by atoms with van der Waals surface area (Å²) in [5.74, 6) is 1.52. The smallest absolute Gasteiger partial charge is 0.294 e. The van der Waals surface area contributed by atoms with Crippen LogP contribution in [0.25, 0.3) is 0 Å². The summed E-state index contributed by atoms with van der Waals surface area (Å²) in [5, 5.41) is 0. The summed E-state index contributed by atoms with van der Waals surface area (Å²) in [5.41, 5.74) is 3.87. The van der Waals surface area contributed by atoms with Crippen LogP contribution in [0.4, 0.5) is 10.1 Å². The molecule has 2 aromatic carbocycles. The molecule has 1 aliphatic rings. The van der Waals surface area contributed by atoms with E-state index in [9.17, 15) is 9.18 Å². The van der Waals surface area contributed by atoms with E-state index in [0.29, 0.717) is 11.7 Å². The predicted octanol–water partition coefficient (Wildman–Crippen LogP) is 6.41. The van der Waals surface area contributed by atoms with Crippen LogP contribution in [0.5, 0.6) is 5.75 Å². The number of hydrogen-bond donors (Lipinski definition) is 0. The lowest BCUT2D eigenvalue weighted by Gasteiger charge is -2.34. The van der Waals surface area contributed by atoms with E-state index in [0.717, 1.165) is 41.0 Å². The van der Waals surface area contributed by atoms with E-state index in [2.05, 4.69) is 26.0 Å². The Kier molecular flexibility index (Phi) is 5.86. The Balaban J connectivity index is 1.52. The van der Waals surface area contributed by atoms with Crippen LogP contribution in [0.2, 0.25) is 0 Å². The van der Waals surface area contributed by atoms with Crippen LogP contribution in [-0.4, -0.2) is 11.9 Å². The van der Waals surface area contributed by atoms with E-state index in [4.69, 9.17) is 9.15 Å². The average molecular weight is 422 g/mol. The second-order valence-electron chi connectivity index (χ2n) is 8.59. The fraction of sp³-hybridized carbons (Fsp3) is 0.346. The number of nitrogens with zero attached hydrogens (tertiary/aromatic N) is 1. The van der Waals surface area contributed by atoms with Gasteiger partial charge in [-0.15, -0.1) is 0 Å². The van der Waals surface area contributed by atoms with Crippen LogP contribution in [0, 0.1) is 12.7 Å². The van der Waals surface area contributed by atoms with Crippen molar-refractivity contribution < 1.29 is 18.3 Å². The molecule has 1 amide bonds. The first-order chi connectivity index (χ1) is 14.8. The number of carbonyl (C=O) groups excluding carboxylic acids is 1. The van der Waals surface area contributed by atoms with Crippen molar-refractivity contribution in [3.8, 4) is 5.75 Å². The topological polar surface area (TPSA) is 42.7 Å². The number of halogens is 1. The van der Waals surface area contributed by atoms with E-state index in [-0.39, 0.29) is 30.1 Å². The Bertz CT molecular complexity index is 1100. The fourth-order valence-electron chi connectivity index (χ4n) is 4.11. The van der Waals surface area contributed by atoms with Gasteiger partial charge in [0.25, 0.3) is 5.91 Å². The molecule has 0 saturated heterocycles. The molecule has 31 heavy (non-hydrogen) atoms. The molecule has 1 atom stereocenters. The van der Waals surface area contributed by atoms with Gasteiger partial charge < -0.3 is 14.1 Å². The van der Waals surface area contributed by atoms with E-state index in [1.165, 1.54) is 12.1 Å². The number of fused-ring (bicyclic) bond motifs is 1. The van der Waals surface area contributed by atoms with Crippen molar-refractivity contribution in [2.24, 2.45) is 0 Å². The third-order valence-corrected chi connectivity index (χ3v) is 5.83. The molecule has 0 spiro atoms. The fourth-order valence-corrected chi connectivity index (χ4v) is 4.11. The maximum Gasteiger partial charge on any atom is 0.294 e. The quantitative estimate of drug-likeness (QED) is 0.478. The molecule has 0 N–H and O–H groups in total. The van der Waals surface area contributed by atoms with Gasteiger partial charge in [0.2, 0.25) is 0 Å². The Morgan fingerprint density at radius 2 is 2.00 bits per heavy atom. The van der Waals surface area contributed by atoms with Gasteiger partial charge in [0, 0.05) is 11.7 Å². The second-order valence-corrected chi connectivity index (χ2v) is 8.59. The first-order valence-electron chi connectivity index (χ1n) is 10.8. The highest BCUT2D eigenvalue weighted by Crippen LogP contribution is 2.33. The Morgan fingerprint density at radius 1 is 1.19 bits per heavy atom. The van der Waals surface area contributed by atoms with Crippen LogP contribution >= 0.6 is 0 Å². The minimum absolute atomic E-state index is 0.0103. The summed E-state index contributed by atoms with van der Waals surface area (Å²) in [4.78, 5) is 14.9. The van der Waals surface area contributed by atoms with Gasteiger partial charge in [-0.1, -0.05) is 26.0 Å². The zero-order valence-electron chi connectivity index (χ0n) is 18.4. The highest BCUT2D eigenvalue weighted by atomic mass is 19.1. The number of carbonyl (C=O) groups is 1. The van der Waals surface area contributed by atoms with Crippen molar-refractivity contribution >= 4 is 11.6 Å². The molecule has 5 heteroatoms. The number of furan rings is 1. The SMILES string of the molecule is Cc1ccc(C(C)C)c(OCc2ccc(C(=O)N3c4ccc(F)cc4CC[C@@H]3C)o2)c1. The van der Waals surface area contributed by atoms with Gasteiger partial charge in [0.15, 0.2) is 5.76 Å². The number of hydrogen-bond acceptors (Lipinski definition) is 3. The molecular weight excluding hydrogens is 393 g/mol. The van der Waals surface area contributed by atoms with Crippen LogP contribution in [-0.2, 0) is 13.0 Å². The maximum absolute atomic E-state index is 13.6. The van der Waals surface area contributed by atoms with Crippen molar-refractivity contribution in [1.29, 1.82) is 0 Å². The van der Waals surface area contributed by atoms with Crippen molar-refractivity contribution in [2.75, 3.05) is 4.90 Å². The average Bonchev–Trinajstić information content (AvgIpc) is 3.21. The number of benzene rings is 2. The molecule has 162 valence electrons. The van der Waals surface area contributed by atoms with Crippen LogP contribution in [0.1, 0.15) is 66.1 Å². The maximum atomic E-state index is 13.6. The minimum atomic E-state index is -0.282. The third kappa shape index (κ3) is 4.36. The van der Waals surface area contributed by atoms with Gasteiger partial charge in [-0.2, -0.15) is 0 Å². The standard InChI is InChI=1S/C26H28FNO3/c1-16(2)22-10-5-17(3)13-25(22)30-15-21-9-12-24(31-21)26(29)28-18(4)6-7-19-14-20(27)8-11-23(19)28/h5,8-14,16,18H,6-7,15H2,1-4H3/t18-/m0/s1. The highest BCUT2D eigenvalue weighted by molar-refractivity contribution is 6.05. The molecule has 0 saturated carbocycles. The van der Waals surface area contributed by atoms with Gasteiger partial charge in [-0.3, -0.25) is 4.79 Å². The number of anilines is 1. The normalized spacial score (nSPS) is 15.8. The lowest BCUT2D eigenvalue weighted by Crippen LogP contribution is -2.42. The summed E-state index contributed by atoms with van der Waals surface area (Å²) in [6.07, 6.45) is 1.54. The van der Waals surface area contributed by atoms with Crippen molar-refractivity contribution in [1.82, 2.24) is 0 Å². The molecule has 4 rings (SSSR count). The predicted molar refractivity (Wildman–Crippen MR) is 119 cm³/mol. The zero-order valence-corrected chi connectivity index (χ0v) is 18.4. The molecule has 0 aliphatic carbocycles. The number of ether oxygens (including phenoxy) is 1. The first-order valence-corrected chi connectivity index (χ1v) is 10.8. The van der Waals surface area contributed by atoms with Crippen molar-refractivity contribution in [2.45, 2.75) is 59.1 Å². The number of rotatable bonds is 5. The van der Waals surface area contributed by atoms with Crippen molar-refractivity contribution in [3.05, 3.63) is 82.6 Å². The summed E-state index contributed by atoms with van der Waals surface area (Å²) in [6.45, 7) is 8.54. The monoisotopic (exact) mass is 421 g/mol. The van der Waals surface area contributed by atoms with Crippen LogP contribution < -0.4 is 9.64 Å². The van der Waals surface area contributed by atoms with E-state index >= 15 is 0 Å². The Hall–Kier alpha value is -3.08. The first kappa shape index (κ1) is 21.2. The van der Waals surface area contributed by atoms with E-state index in [1.807, 2.05) is 19.9 Å². The zero-order chi connectivity index (χ0) is 22.1. The molecule has 4 nitrogen and oxygen atoms in total. The Morgan fingerprint density at radius 3 is 2.77 bits per heavy atom. The van der Waals surface area contributed by atoms with E-state index < -0.39 is 0 Å². The van der Waals surface area contributed by atoms with Crippen molar-refractivity contribution in [3.63, 3.8) is 0 Å². The van der Waals surface area contributed by atoms with Crippen LogP contribution in [0.15, 0.2) is 52.9 Å². The third-order valence-electron chi connectivity index (χ3n) is 5.83. The number of amides is 1. The molecule has 0 bridgehead atoms. The second kappa shape index (κ2) is 8.58. The molecular formula is C26H28FNO3. The molecule has 0 radical (unpaired) electrons. The summed E-state index contributed by atoms with van der Waals surface area (Å²) in [7, 11) is 0. The lowest BCUT2D eigenvalue weighted by atomic mass is 9.96. The Labute approximate surface area is 182 Å². The molecule has 1 aliphatic heterocycles. The van der Waals surface area contributed by atoms with Gasteiger partial charge in [-0.25, -0.2) is 4.39 Å². The molecule has 3 aromatic rings. The highest BCUT2D eigenvalue weighted by Gasteiger charge is 2.31. The largest absolute Gasteiger partial charge is 0.485 e. The lowest BCUT2D eigenvalue weighted by molar-refractivity contribution is 0.0944. The van der Waals surface area contributed by atoms with Gasteiger partial charge in [0.05, 0.1) is 0 Å². The molecule has 2 heterocycles. The van der Waals surface area contributed by atoms with Gasteiger partial charge >= 0.3 is 0 Å². The molecule has 0 unspecified atom stereocenters. The molecule has 1 aromatic heterocycles. The van der Waals surface area contributed by atoms with Gasteiger partial charge in [-0.05, 0) is 85.7 Å². The van der Waals surface area contributed by atoms with Gasteiger partial charge in [0.1, 0.15) is 23.9 Å². The number of aryl methyl sites for hydroxylation is 2. The molecule has 0 fully saturated rings. The summed E-state index contributed by atoms with van der Waals surface area (Å²) < 4.78 is 25.5. The summed E-state index contributed by atoms with van der Waals surface area (Å²) in [6, 6.07) is 14.2. The summed E-state index contributed by atoms with van der Waals surface area (Å²) >= 11 is 0. The van der Waals surface area contributed by atoms with Crippen LogP contribution in [0.3, 0.4) is 0 Å².